The Morgan fingerprint density at radius 1 is 1.48 bits per heavy atom. The quantitative estimate of drug-likeness (QED) is 0.886. The van der Waals surface area contributed by atoms with Crippen LogP contribution in [0.2, 0.25) is 5.02 Å². The third-order valence-corrected chi connectivity index (χ3v) is 5.01. The number of amides is 1. The number of fused-ring (bicyclic) bond motifs is 1. The van der Waals surface area contributed by atoms with E-state index in [0.29, 0.717) is 36.9 Å². The van der Waals surface area contributed by atoms with Crippen molar-refractivity contribution < 1.29 is 14.3 Å². The van der Waals surface area contributed by atoms with Crippen LogP contribution in [0.5, 0.6) is 11.5 Å². The van der Waals surface area contributed by atoms with Gasteiger partial charge in [0.15, 0.2) is 11.5 Å². The van der Waals surface area contributed by atoms with Gasteiger partial charge in [-0.05, 0) is 31.9 Å². The number of aromatic nitrogens is 2. The van der Waals surface area contributed by atoms with Gasteiger partial charge in [-0.25, -0.2) is 0 Å². The van der Waals surface area contributed by atoms with Crippen LogP contribution >= 0.6 is 11.6 Å². The van der Waals surface area contributed by atoms with Crippen molar-refractivity contribution in [3.8, 4) is 11.5 Å². The highest BCUT2D eigenvalue weighted by molar-refractivity contribution is 6.31. The van der Waals surface area contributed by atoms with E-state index in [4.69, 9.17) is 21.1 Å². The van der Waals surface area contributed by atoms with Crippen molar-refractivity contribution in [3.63, 3.8) is 0 Å². The summed E-state index contributed by atoms with van der Waals surface area (Å²) < 4.78 is 12.9. The summed E-state index contributed by atoms with van der Waals surface area (Å²) in [7, 11) is 1.61. The maximum absolute atomic E-state index is 12.4. The number of ether oxygens (including phenoxy) is 2. The third-order valence-electron chi connectivity index (χ3n) is 4.46. The smallest absolute Gasteiger partial charge is 0.226 e. The van der Waals surface area contributed by atoms with Gasteiger partial charge in [-0.3, -0.25) is 9.48 Å². The fourth-order valence-corrected chi connectivity index (χ4v) is 3.18. The van der Waals surface area contributed by atoms with Crippen molar-refractivity contribution in [2.45, 2.75) is 26.8 Å². The van der Waals surface area contributed by atoms with Crippen LogP contribution in [0, 0.1) is 19.8 Å². The number of halogens is 1. The third kappa shape index (κ3) is 3.58. The summed E-state index contributed by atoms with van der Waals surface area (Å²) in [6.45, 7) is 5.23. The number of hydrogen-bond acceptors (Lipinski definition) is 4. The largest absolute Gasteiger partial charge is 0.493 e. The molecule has 1 aromatic heterocycles. The second-order valence-corrected chi connectivity index (χ2v) is 6.54. The molecule has 7 heteroatoms. The molecular weight excluding hydrogens is 342 g/mol. The van der Waals surface area contributed by atoms with E-state index >= 15 is 0 Å². The number of carbonyl (C=O) groups is 1. The second-order valence-electron chi connectivity index (χ2n) is 6.16. The van der Waals surface area contributed by atoms with Crippen LogP contribution in [0.1, 0.15) is 17.0 Å². The fourth-order valence-electron chi connectivity index (χ4n) is 3.05. The van der Waals surface area contributed by atoms with E-state index in [0.717, 1.165) is 22.7 Å². The summed E-state index contributed by atoms with van der Waals surface area (Å²) in [4.78, 5) is 12.4. The zero-order valence-corrected chi connectivity index (χ0v) is 15.4. The number of nitrogens with one attached hydrogen (secondary N) is 1. The summed E-state index contributed by atoms with van der Waals surface area (Å²) in [5.74, 6) is 1.23. The lowest BCUT2D eigenvalue weighted by Crippen LogP contribution is -2.38. The molecule has 1 N–H and O–H groups in total. The summed E-state index contributed by atoms with van der Waals surface area (Å²) in [5.41, 5.74) is 2.71. The molecule has 0 saturated carbocycles. The van der Waals surface area contributed by atoms with Crippen LogP contribution in [0.25, 0.3) is 0 Å². The molecule has 1 atom stereocenters. The van der Waals surface area contributed by atoms with E-state index in [9.17, 15) is 4.79 Å². The number of nitrogens with zero attached hydrogens (tertiary/aromatic N) is 2. The molecular formula is C18H22ClN3O3. The van der Waals surface area contributed by atoms with E-state index in [-0.39, 0.29) is 11.8 Å². The first-order valence-corrected chi connectivity index (χ1v) is 8.65. The van der Waals surface area contributed by atoms with Gasteiger partial charge in [0.25, 0.3) is 0 Å². The highest BCUT2D eigenvalue weighted by Gasteiger charge is 2.27. The van der Waals surface area contributed by atoms with Gasteiger partial charge in [-0.2, -0.15) is 5.10 Å². The highest BCUT2D eigenvalue weighted by Crippen LogP contribution is 2.36. The second kappa shape index (κ2) is 7.35. The monoisotopic (exact) mass is 363 g/mol. The zero-order valence-electron chi connectivity index (χ0n) is 14.6. The minimum atomic E-state index is -0.205. The van der Waals surface area contributed by atoms with Crippen molar-refractivity contribution in [1.82, 2.24) is 15.1 Å². The van der Waals surface area contributed by atoms with Crippen LogP contribution in [-0.4, -0.2) is 35.9 Å². The van der Waals surface area contributed by atoms with E-state index in [1.54, 1.807) is 7.11 Å². The topological polar surface area (TPSA) is 65.4 Å². The summed E-state index contributed by atoms with van der Waals surface area (Å²) in [6, 6.07) is 5.74. The normalized spacial score (nSPS) is 16.1. The SMILES string of the molecule is COc1cccc2c1OC[C@H](C(=O)NCCn1nc(C)c(Cl)c1C)C2. The van der Waals surface area contributed by atoms with E-state index in [1.165, 1.54) is 0 Å². The van der Waals surface area contributed by atoms with Crippen molar-refractivity contribution in [3.05, 3.63) is 40.2 Å². The van der Waals surface area contributed by atoms with Crippen LogP contribution < -0.4 is 14.8 Å². The number of hydrogen-bond donors (Lipinski definition) is 1. The molecule has 2 aromatic rings. The van der Waals surface area contributed by atoms with Gasteiger partial charge in [0.2, 0.25) is 5.91 Å². The molecule has 0 saturated heterocycles. The van der Waals surface area contributed by atoms with E-state index in [2.05, 4.69) is 10.4 Å². The molecule has 0 fully saturated rings. The van der Waals surface area contributed by atoms with Gasteiger partial charge in [-0.1, -0.05) is 23.7 Å². The van der Waals surface area contributed by atoms with Crippen LogP contribution in [0.15, 0.2) is 18.2 Å². The van der Waals surface area contributed by atoms with Gasteiger partial charge in [-0.15, -0.1) is 0 Å². The minimum Gasteiger partial charge on any atom is -0.493 e. The Morgan fingerprint density at radius 3 is 2.96 bits per heavy atom. The van der Waals surface area contributed by atoms with E-state index < -0.39 is 0 Å². The van der Waals surface area contributed by atoms with Gasteiger partial charge in [0.05, 0.1) is 36.0 Å². The summed E-state index contributed by atoms with van der Waals surface area (Å²) >= 11 is 6.14. The predicted octanol–water partition coefficient (Wildman–Crippen LogP) is 2.53. The average molecular weight is 364 g/mol. The molecule has 3 rings (SSSR count). The molecule has 2 heterocycles. The molecule has 1 amide bonds. The Bertz CT molecular complexity index is 788. The number of rotatable bonds is 5. The summed E-state index contributed by atoms with van der Waals surface area (Å²) in [6.07, 6.45) is 0.643. The Labute approximate surface area is 152 Å². The first kappa shape index (κ1) is 17.6. The number of benzene rings is 1. The Balaban J connectivity index is 1.56. The lowest BCUT2D eigenvalue weighted by atomic mass is 9.95. The van der Waals surface area contributed by atoms with Crippen molar-refractivity contribution in [2.75, 3.05) is 20.3 Å². The molecule has 25 heavy (non-hydrogen) atoms. The number of methoxy groups -OCH3 is 1. The van der Waals surface area contributed by atoms with Crippen LogP contribution in [-0.2, 0) is 17.8 Å². The fraction of sp³-hybridized carbons (Fsp3) is 0.444. The van der Waals surface area contributed by atoms with Crippen molar-refractivity contribution in [1.29, 1.82) is 0 Å². The Hall–Kier alpha value is -2.21. The number of aryl methyl sites for hydroxylation is 1. The number of carbonyl (C=O) groups excluding carboxylic acids is 1. The molecule has 0 spiro atoms. The maximum Gasteiger partial charge on any atom is 0.226 e. The first-order chi connectivity index (χ1) is 12.0. The predicted molar refractivity (Wildman–Crippen MR) is 95.4 cm³/mol. The molecule has 1 aromatic carbocycles. The van der Waals surface area contributed by atoms with Gasteiger partial charge in [0.1, 0.15) is 6.61 Å². The molecule has 0 aliphatic carbocycles. The molecule has 0 unspecified atom stereocenters. The molecule has 1 aliphatic rings. The molecule has 134 valence electrons. The minimum absolute atomic E-state index is 0.0129. The zero-order chi connectivity index (χ0) is 18.0. The van der Waals surface area contributed by atoms with Gasteiger partial charge in [0, 0.05) is 6.54 Å². The van der Waals surface area contributed by atoms with Crippen LogP contribution in [0.3, 0.4) is 0 Å². The number of para-hydroxylation sites is 1. The molecule has 0 radical (unpaired) electrons. The molecule has 1 aliphatic heterocycles. The lowest BCUT2D eigenvalue weighted by Gasteiger charge is -2.25. The Kier molecular flexibility index (Phi) is 5.18. The van der Waals surface area contributed by atoms with Crippen molar-refractivity contribution >= 4 is 17.5 Å². The molecule has 6 nitrogen and oxygen atoms in total. The summed E-state index contributed by atoms with van der Waals surface area (Å²) in [5, 5.41) is 8.00. The standard InChI is InChI=1S/C18H22ClN3O3/c1-11-16(19)12(2)22(21-11)8-7-20-18(23)14-9-13-5-4-6-15(24-3)17(13)25-10-14/h4-6,14H,7-10H2,1-3H3,(H,20,23)/t14-/m1/s1. The van der Waals surface area contributed by atoms with E-state index in [1.807, 2.05) is 36.7 Å². The van der Waals surface area contributed by atoms with Gasteiger partial charge >= 0.3 is 0 Å². The maximum atomic E-state index is 12.4. The Morgan fingerprint density at radius 2 is 2.28 bits per heavy atom. The van der Waals surface area contributed by atoms with Gasteiger partial charge < -0.3 is 14.8 Å². The average Bonchev–Trinajstić information content (AvgIpc) is 2.87. The van der Waals surface area contributed by atoms with Crippen molar-refractivity contribution in [2.24, 2.45) is 5.92 Å². The highest BCUT2D eigenvalue weighted by atomic mass is 35.5. The first-order valence-electron chi connectivity index (χ1n) is 8.27. The lowest BCUT2D eigenvalue weighted by molar-refractivity contribution is -0.126. The van der Waals surface area contributed by atoms with Crippen LogP contribution in [0.4, 0.5) is 0 Å². The molecule has 0 bridgehead atoms.